The van der Waals surface area contributed by atoms with Crippen LogP contribution < -0.4 is 14.8 Å². The summed E-state index contributed by atoms with van der Waals surface area (Å²) in [5, 5.41) is 3.27. The Morgan fingerprint density at radius 3 is 2.48 bits per heavy atom. The van der Waals surface area contributed by atoms with Crippen molar-refractivity contribution in [2.45, 2.75) is 23.8 Å². The Kier molecular flexibility index (Phi) is 8.34. The van der Waals surface area contributed by atoms with Gasteiger partial charge in [0.25, 0.3) is 0 Å². The van der Waals surface area contributed by atoms with Crippen molar-refractivity contribution in [2.24, 2.45) is 0 Å². The van der Waals surface area contributed by atoms with E-state index in [1.807, 2.05) is 30.3 Å². The zero-order valence-electron chi connectivity index (χ0n) is 14.9. The highest BCUT2D eigenvalue weighted by Crippen LogP contribution is 2.33. The Hall–Kier alpha value is -1.35. The van der Waals surface area contributed by atoms with E-state index in [-0.39, 0.29) is 16.7 Å². The highest BCUT2D eigenvalue weighted by atomic mass is 79.9. The van der Waals surface area contributed by atoms with Crippen LogP contribution in [0.15, 0.2) is 69.0 Å². The van der Waals surface area contributed by atoms with Crippen molar-refractivity contribution in [3.8, 4) is 5.75 Å². The first-order valence-corrected chi connectivity index (χ1v) is 11.4. The first-order chi connectivity index (χ1) is 12.9. The van der Waals surface area contributed by atoms with Gasteiger partial charge in [0.05, 0.1) is 7.11 Å². The zero-order valence-corrected chi connectivity index (χ0v) is 18.9. The molecule has 0 saturated carbocycles. The average Bonchev–Trinajstić information content (AvgIpc) is 2.66. The molecule has 0 aliphatic rings. The SMILES string of the molecule is C=CCCC(CNc1ccccc1)NS(=O)(=O)c1cc(Br)c(Br)cc1OC. The van der Waals surface area contributed by atoms with Crippen molar-refractivity contribution in [1.82, 2.24) is 4.72 Å². The van der Waals surface area contributed by atoms with Gasteiger partial charge in [-0.25, -0.2) is 13.1 Å². The molecule has 0 aliphatic carbocycles. The van der Waals surface area contributed by atoms with Crippen molar-refractivity contribution in [1.29, 1.82) is 0 Å². The Bertz CT molecular complexity index is 874. The zero-order chi connectivity index (χ0) is 19.9. The van der Waals surface area contributed by atoms with Crippen molar-refractivity contribution in [2.75, 3.05) is 19.0 Å². The van der Waals surface area contributed by atoms with E-state index >= 15 is 0 Å². The van der Waals surface area contributed by atoms with Gasteiger partial charge in [-0.1, -0.05) is 24.3 Å². The molecule has 2 N–H and O–H groups in total. The molecule has 0 saturated heterocycles. The second kappa shape index (κ2) is 10.3. The first-order valence-electron chi connectivity index (χ1n) is 8.32. The molecule has 0 aromatic heterocycles. The van der Waals surface area contributed by atoms with E-state index in [9.17, 15) is 8.42 Å². The number of hydrogen-bond donors (Lipinski definition) is 2. The van der Waals surface area contributed by atoms with Crippen LogP contribution in [0, 0.1) is 0 Å². The maximum atomic E-state index is 13.0. The third-order valence-corrected chi connectivity index (χ3v) is 7.25. The molecule has 0 bridgehead atoms. The lowest BCUT2D eigenvalue weighted by Gasteiger charge is -2.20. The molecule has 0 heterocycles. The molecule has 1 unspecified atom stereocenters. The van der Waals surface area contributed by atoms with E-state index < -0.39 is 10.0 Å². The van der Waals surface area contributed by atoms with Gasteiger partial charge in [0.2, 0.25) is 10.0 Å². The van der Waals surface area contributed by atoms with Crippen LogP contribution in [0.5, 0.6) is 5.75 Å². The minimum absolute atomic E-state index is 0.0865. The number of allylic oxidation sites excluding steroid dienone is 1. The fraction of sp³-hybridized carbons (Fsp3) is 0.263. The highest BCUT2D eigenvalue weighted by molar-refractivity contribution is 9.13. The van der Waals surface area contributed by atoms with Gasteiger partial charge >= 0.3 is 0 Å². The summed E-state index contributed by atoms with van der Waals surface area (Å²) in [6.45, 7) is 4.18. The Labute approximate surface area is 177 Å². The molecule has 0 radical (unpaired) electrons. The molecule has 0 fully saturated rings. The van der Waals surface area contributed by atoms with Crippen LogP contribution in [0.2, 0.25) is 0 Å². The quantitative estimate of drug-likeness (QED) is 0.438. The molecule has 146 valence electrons. The van der Waals surface area contributed by atoms with Crippen LogP contribution in [0.1, 0.15) is 12.8 Å². The van der Waals surface area contributed by atoms with E-state index in [0.717, 1.165) is 5.69 Å². The summed E-state index contributed by atoms with van der Waals surface area (Å²) in [6.07, 6.45) is 3.11. The van der Waals surface area contributed by atoms with Crippen LogP contribution in [-0.4, -0.2) is 28.1 Å². The molecule has 0 spiro atoms. The van der Waals surface area contributed by atoms with Crippen molar-refractivity contribution in [3.63, 3.8) is 0 Å². The minimum atomic E-state index is -3.78. The minimum Gasteiger partial charge on any atom is -0.495 e. The van der Waals surface area contributed by atoms with Crippen LogP contribution in [0.25, 0.3) is 0 Å². The molecule has 5 nitrogen and oxygen atoms in total. The molecular weight excluding hydrogens is 496 g/mol. The summed E-state index contributed by atoms with van der Waals surface area (Å²) >= 11 is 6.71. The lowest BCUT2D eigenvalue weighted by molar-refractivity contribution is 0.401. The van der Waals surface area contributed by atoms with Gasteiger partial charge in [0.15, 0.2) is 0 Å². The lowest BCUT2D eigenvalue weighted by atomic mass is 10.1. The number of nitrogens with one attached hydrogen (secondary N) is 2. The largest absolute Gasteiger partial charge is 0.495 e. The van der Waals surface area contributed by atoms with Gasteiger partial charge in [-0.15, -0.1) is 6.58 Å². The molecule has 27 heavy (non-hydrogen) atoms. The molecule has 2 aromatic rings. The van der Waals surface area contributed by atoms with Gasteiger partial charge < -0.3 is 10.1 Å². The van der Waals surface area contributed by atoms with Crippen LogP contribution in [0.4, 0.5) is 5.69 Å². The monoisotopic (exact) mass is 516 g/mol. The fourth-order valence-electron chi connectivity index (χ4n) is 2.48. The van der Waals surface area contributed by atoms with E-state index in [4.69, 9.17) is 4.74 Å². The number of benzene rings is 2. The summed E-state index contributed by atoms with van der Waals surface area (Å²) in [5.74, 6) is 0.274. The van der Waals surface area contributed by atoms with Crippen LogP contribution in [-0.2, 0) is 10.0 Å². The molecule has 0 amide bonds. The van der Waals surface area contributed by atoms with E-state index in [1.54, 1.807) is 12.1 Å². The lowest BCUT2D eigenvalue weighted by Crippen LogP contribution is -2.39. The third-order valence-electron chi connectivity index (χ3n) is 3.86. The van der Waals surface area contributed by atoms with Gasteiger partial charge in [-0.2, -0.15) is 0 Å². The smallest absolute Gasteiger partial charge is 0.244 e. The number of ether oxygens (including phenoxy) is 1. The molecule has 0 aliphatic heterocycles. The number of methoxy groups -OCH3 is 1. The highest BCUT2D eigenvalue weighted by Gasteiger charge is 2.24. The van der Waals surface area contributed by atoms with Crippen LogP contribution >= 0.6 is 31.9 Å². The first kappa shape index (κ1) is 21.9. The Balaban J connectivity index is 2.21. The maximum Gasteiger partial charge on any atom is 0.244 e. The van der Waals surface area contributed by atoms with Gasteiger partial charge in [-0.05, 0) is 69.0 Å². The van der Waals surface area contributed by atoms with Gasteiger partial charge in [0, 0.05) is 27.2 Å². The van der Waals surface area contributed by atoms with E-state index in [0.29, 0.717) is 28.3 Å². The number of para-hydroxylation sites is 1. The molecule has 8 heteroatoms. The topological polar surface area (TPSA) is 67.4 Å². The summed E-state index contributed by atoms with van der Waals surface area (Å²) < 4.78 is 35.3. The predicted octanol–water partition coefficient (Wildman–Crippen LogP) is 4.95. The normalized spacial score (nSPS) is 12.4. The molecule has 2 aromatic carbocycles. The predicted molar refractivity (Wildman–Crippen MR) is 117 cm³/mol. The number of rotatable bonds is 10. The molecular formula is C19H22Br2N2O3S. The van der Waals surface area contributed by atoms with Crippen molar-refractivity contribution in [3.05, 3.63) is 64.1 Å². The average molecular weight is 518 g/mol. The van der Waals surface area contributed by atoms with Gasteiger partial charge in [-0.3, -0.25) is 0 Å². The summed E-state index contributed by atoms with van der Waals surface area (Å²) in [7, 11) is -2.33. The standard InChI is InChI=1S/C19H22Br2N2O3S/c1-3-4-8-15(13-22-14-9-6-5-7-10-14)23-27(24,25)19-12-17(21)16(20)11-18(19)26-2/h3,5-7,9-12,15,22-23H,1,4,8,13H2,2H3. The summed E-state index contributed by atoms with van der Waals surface area (Å²) in [6, 6.07) is 12.5. The van der Waals surface area contributed by atoms with Crippen LogP contribution in [0.3, 0.4) is 0 Å². The Morgan fingerprint density at radius 1 is 1.19 bits per heavy atom. The summed E-state index contributed by atoms with van der Waals surface area (Å²) in [5.41, 5.74) is 0.935. The summed E-state index contributed by atoms with van der Waals surface area (Å²) in [4.78, 5) is 0.0865. The number of halogens is 2. The second-order valence-corrected chi connectivity index (χ2v) is 9.24. The number of anilines is 1. The fourth-order valence-corrected chi connectivity index (χ4v) is 4.75. The van der Waals surface area contributed by atoms with Crippen molar-refractivity contribution >= 4 is 47.6 Å². The molecule has 2 rings (SSSR count). The number of sulfonamides is 1. The Morgan fingerprint density at radius 2 is 1.85 bits per heavy atom. The third kappa shape index (κ3) is 6.34. The van der Waals surface area contributed by atoms with E-state index in [2.05, 4.69) is 48.5 Å². The van der Waals surface area contributed by atoms with Crippen molar-refractivity contribution < 1.29 is 13.2 Å². The maximum absolute atomic E-state index is 13.0. The second-order valence-electron chi connectivity index (χ2n) is 5.85. The van der Waals surface area contributed by atoms with E-state index in [1.165, 1.54) is 13.2 Å². The molecule has 1 atom stereocenters. The number of hydrogen-bond acceptors (Lipinski definition) is 4. The van der Waals surface area contributed by atoms with Gasteiger partial charge in [0.1, 0.15) is 10.6 Å².